The SMILES string of the molecule is CC(C)CN1CCN(S(=O)(=O)CC2CCCN2)CC1. The molecule has 0 aromatic rings. The molecule has 6 heteroatoms. The van der Waals surface area contributed by atoms with Crippen molar-refractivity contribution >= 4 is 10.0 Å². The van der Waals surface area contributed by atoms with Gasteiger partial charge in [0.2, 0.25) is 10.0 Å². The van der Waals surface area contributed by atoms with Crippen LogP contribution < -0.4 is 5.32 Å². The van der Waals surface area contributed by atoms with Crippen molar-refractivity contribution in [3.05, 3.63) is 0 Å². The van der Waals surface area contributed by atoms with E-state index in [-0.39, 0.29) is 11.8 Å². The molecule has 19 heavy (non-hydrogen) atoms. The average Bonchev–Trinajstić information content (AvgIpc) is 2.81. The predicted octanol–water partition coefficient (Wildman–Crippen LogP) is 0.342. The fourth-order valence-corrected chi connectivity index (χ4v) is 4.69. The van der Waals surface area contributed by atoms with Crippen LogP contribution in [-0.4, -0.2) is 68.7 Å². The zero-order valence-electron chi connectivity index (χ0n) is 12.1. The van der Waals surface area contributed by atoms with Gasteiger partial charge < -0.3 is 10.2 Å². The van der Waals surface area contributed by atoms with E-state index < -0.39 is 10.0 Å². The minimum atomic E-state index is -3.07. The molecule has 2 saturated heterocycles. The zero-order valence-corrected chi connectivity index (χ0v) is 13.0. The predicted molar refractivity (Wildman–Crippen MR) is 77.7 cm³/mol. The summed E-state index contributed by atoms with van der Waals surface area (Å²) in [6.45, 7) is 9.48. The lowest BCUT2D eigenvalue weighted by Crippen LogP contribution is -2.51. The van der Waals surface area contributed by atoms with E-state index >= 15 is 0 Å². The lowest BCUT2D eigenvalue weighted by Gasteiger charge is -2.35. The Morgan fingerprint density at radius 2 is 1.89 bits per heavy atom. The Hall–Kier alpha value is -0.170. The molecule has 5 nitrogen and oxygen atoms in total. The monoisotopic (exact) mass is 289 g/mol. The summed E-state index contributed by atoms with van der Waals surface area (Å²) in [6, 6.07) is 0.165. The molecule has 0 spiro atoms. The number of nitrogens with one attached hydrogen (secondary N) is 1. The standard InChI is InChI=1S/C13H27N3O2S/c1-12(2)10-15-6-8-16(9-7-15)19(17,18)11-13-4-3-5-14-13/h12-14H,3-11H2,1-2H3. The van der Waals surface area contributed by atoms with Crippen molar-refractivity contribution in [3.8, 4) is 0 Å². The van der Waals surface area contributed by atoms with Crippen LogP contribution in [0.1, 0.15) is 26.7 Å². The fraction of sp³-hybridized carbons (Fsp3) is 1.00. The van der Waals surface area contributed by atoms with E-state index in [2.05, 4.69) is 24.1 Å². The van der Waals surface area contributed by atoms with E-state index in [4.69, 9.17) is 0 Å². The quantitative estimate of drug-likeness (QED) is 0.793. The third-order valence-corrected chi connectivity index (χ3v) is 5.90. The molecule has 0 saturated carbocycles. The van der Waals surface area contributed by atoms with Gasteiger partial charge in [-0.25, -0.2) is 8.42 Å². The van der Waals surface area contributed by atoms with Gasteiger partial charge in [0.15, 0.2) is 0 Å². The normalized spacial score (nSPS) is 27.2. The molecule has 0 amide bonds. The van der Waals surface area contributed by atoms with Crippen molar-refractivity contribution in [1.82, 2.24) is 14.5 Å². The number of rotatable bonds is 5. The number of sulfonamides is 1. The van der Waals surface area contributed by atoms with Gasteiger partial charge >= 0.3 is 0 Å². The molecular formula is C13H27N3O2S. The maximum atomic E-state index is 12.3. The second kappa shape index (κ2) is 6.52. The highest BCUT2D eigenvalue weighted by Crippen LogP contribution is 2.14. The summed E-state index contributed by atoms with van der Waals surface area (Å²) in [5.41, 5.74) is 0. The van der Waals surface area contributed by atoms with Crippen LogP contribution in [0.25, 0.3) is 0 Å². The van der Waals surface area contributed by atoms with Gasteiger partial charge in [-0.3, -0.25) is 0 Å². The molecular weight excluding hydrogens is 262 g/mol. The summed E-state index contributed by atoms with van der Waals surface area (Å²) >= 11 is 0. The van der Waals surface area contributed by atoms with Gasteiger partial charge in [-0.05, 0) is 25.3 Å². The van der Waals surface area contributed by atoms with Gasteiger partial charge in [-0.1, -0.05) is 13.8 Å². The summed E-state index contributed by atoms with van der Waals surface area (Å²) < 4.78 is 26.4. The molecule has 112 valence electrons. The van der Waals surface area contributed by atoms with Crippen molar-refractivity contribution in [2.75, 3.05) is 45.0 Å². The molecule has 0 radical (unpaired) electrons. The van der Waals surface area contributed by atoms with Gasteiger partial charge in [0.1, 0.15) is 0 Å². The molecule has 1 N–H and O–H groups in total. The number of hydrogen-bond donors (Lipinski definition) is 1. The van der Waals surface area contributed by atoms with Crippen LogP contribution in [0.15, 0.2) is 0 Å². The first-order valence-corrected chi connectivity index (χ1v) is 9.02. The third kappa shape index (κ3) is 4.41. The van der Waals surface area contributed by atoms with E-state index in [1.54, 1.807) is 4.31 Å². The Balaban J connectivity index is 1.82. The first-order valence-electron chi connectivity index (χ1n) is 7.41. The largest absolute Gasteiger partial charge is 0.313 e. The number of hydrogen-bond acceptors (Lipinski definition) is 4. The number of piperazine rings is 1. The first-order chi connectivity index (χ1) is 8.97. The maximum Gasteiger partial charge on any atom is 0.215 e. The molecule has 0 aliphatic carbocycles. The summed E-state index contributed by atoms with van der Waals surface area (Å²) in [5.74, 6) is 0.919. The van der Waals surface area contributed by atoms with Gasteiger partial charge in [-0.2, -0.15) is 4.31 Å². The van der Waals surface area contributed by atoms with Crippen LogP contribution in [0, 0.1) is 5.92 Å². The van der Waals surface area contributed by atoms with Crippen LogP contribution >= 0.6 is 0 Å². The first kappa shape index (κ1) is 15.2. The Morgan fingerprint density at radius 1 is 1.21 bits per heavy atom. The Kier molecular flexibility index (Phi) is 5.22. The summed E-state index contributed by atoms with van der Waals surface area (Å²) in [4.78, 5) is 2.37. The summed E-state index contributed by atoms with van der Waals surface area (Å²) in [7, 11) is -3.07. The molecule has 2 aliphatic rings. The lowest BCUT2D eigenvalue weighted by atomic mass is 10.2. The van der Waals surface area contributed by atoms with Crippen LogP contribution in [0.2, 0.25) is 0 Å². The molecule has 0 bridgehead atoms. The highest BCUT2D eigenvalue weighted by atomic mass is 32.2. The van der Waals surface area contributed by atoms with Gasteiger partial charge in [0.25, 0.3) is 0 Å². The topological polar surface area (TPSA) is 52.7 Å². The smallest absolute Gasteiger partial charge is 0.215 e. The van der Waals surface area contributed by atoms with E-state index in [9.17, 15) is 8.42 Å². The van der Waals surface area contributed by atoms with Gasteiger partial charge in [0, 0.05) is 38.8 Å². The zero-order chi connectivity index (χ0) is 13.9. The Labute approximate surface area is 117 Å². The minimum Gasteiger partial charge on any atom is -0.313 e. The Morgan fingerprint density at radius 3 is 2.42 bits per heavy atom. The van der Waals surface area contributed by atoms with Crippen LogP contribution in [0.3, 0.4) is 0 Å². The van der Waals surface area contributed by atoms with E-state index in [0.29, 0.717) is 19.0 Å². The van der Waals surface area contributed by atoms with Crippen LogP contribution in [0.4, 0.5) is 0 Å². The molecule has 2 aliphatic heterocycles. The van der Waals surface area contributed by atoms with E-state index in [0.717, 1.165) is 39.0 Å². The minimum absolute atomic E-state index is 0.165. The lowest BCUT2D eigenvalue weighted by molar-refractivity contribution is 0.172. The molecule has 2 rings (SSSR count). The second-order valence-electron chi connectivity index (χ2n) is 6.17. The molecule has 0 aromatic heterocycles. The van der Waals surface area contributed by atoms with E-state index in [1.807, 2.05) is 0 Å². The fourth-order valence-electron chi connectivity index (χ4n) is 2.97. The van der Waals surface area contributed by atoms with Crippen molar-refractivity contribution in [1.29, 1.82) is 0 Å². The molecule has 2 fully saturated rings. The maximum absolute atomic E-state index is 12.3. The van der Waals surface area contributed by atoms with Crippen molar-refractivity contribution < 1.29 is 8.42 Å². The molecule has 2 heterocycles. The molecule has 1 unspecified atom stereocenters. The highest BCUT2D eigenvalue weighted by molar-refractivity contribution is 7.89. The van der Waals surface area contributed by atoms with Crippen molar-refractivity contribution in [2.24, 2.45) is 5.92 Å². The Bertz CT molecular complexity index is 369. The number of nitrogens with zero attached hydrogens (tertiary/aromatic N) is 2. The molecule has 1 atom stereocenters. The van der Waals surface area contributed by atoms with Crippen molar-refractivity contribution in [2.45, 2.75) is 32.7 Å². The van der Waals surface area contributed by atoms with Gasteiger partial charge in [-0.15, -0.1) is 0 Å². The average molecular weight is 289 g/mol. The van der Waals surface area contributed by atoms with Crippen LogP contribution in [-0.2, 0) is 10.0 Å². The third-order valence-electron chi connectivity index (χ3n) is 3.92. The molecule has 0 aromatic carbocycles. The van der Waals surface area contributed by atoms with Crippen molar-refractivity contribution in [3.63, 3.8) is 0 Å². The van der Waals surface area contributed by atoms with Crippen LogP contribution in [0.5, 0.6) is 0 Å². The van der Waals surface area contributed by atoms with E-state index in [1.165, 1.54) is 0 Å². The second-order valence-corrected chi connectivity index (χ2v) is 8.18. The summed E-state index contributed by atoms with van der Waals surface area (Å²) in [5, 5.41) is 3.27. The highest BCUT2D eigenvalue weighted by Gasteiger charge is 2.30. The van der Waals surface area contributed by atoms with Gasteiger partial charge in [0.05, 0.1) is 5.75 Å². The summed E-state index contributed by atoms with van der Waals surface area (Å²) in [6.07, 6.45) is 2.09.